The first-order chi connectivity index (χ1) is 11.1. The van der Waals surface area contributed by atoms with Crippen molar-refractivity contribution < 1.29 is 9.18 Å². The maximum absolute atomic E-state index is 13.1. The molecule has 116 valence electrons. The lowest BCUT2D eigenvalue weighted by Crippen LogP contribution is -2.09. The maximum Gasteiger partial charge on any atom is 0.183 e. The minimum Gasteiger partial charge on any atom is -0.364 e. The molecule has 0 atom stereocenters. The molecule has 0 fully saturated rings. The molecular formula is C16H14FN5O. The first kappa shape index (κ1) is 14.8. The zero-order chi connectivity index (χ0) is 16.2. The largest absolute Gasteiger partial charge is 0.364 e. The van der Waals surface area contributed by atoms with Gasteiger partial charge in [0.25, 0.3) is 0 Å². The van der Waals surface area contributed by atoms with Crippen molar-refractivity contribution >= 4 is 11.6 Å². The van der Waals surface area contributed by atoms with Crippen molar-refractivity contribution in [3.8, 4) is 5.69 Å². The number of carbonyl (C=O) groups excluding carboxylic acids is 1. The van der Waals surface area contributed by atoms with Gasteiger partial charge in [-0.05, 0) is 42.0 Å². The van der Waals surface area contributed by atoms with Crippen molar-refractivity contribution in [2.45, 2.75) is 13.5 Å². The molecule has 0 radical (unpaired) electrons. The van der Waals surface area contributed by atoms with Crippen LogP contribution in [0.15, 0.2) is 48.8 Å². The molecule has 0 saturated heterocycles. The van der Waals surface area contributed by atoms with Crippen LogP contribution in [-0.2, 0) is 6.54 Å². The van der Waals surface area contributed by atoms with Gasteiger partial charge in [-0.3, -0.25) is 9.78 Å². The molecule has 7 heteroatoms. The summed E-state index contributed by atoms with van der Waals surface area (Å²) in [5, 5.41) is 11.1. The molecule has 1 N–H and O–H groups in total. The van der Waals surface area contributed by atoms with E-state index in [2.05, 4.69) is 20.6 Å². The molecule has 3 rings (SSSR count). The molecular weight excluding hydrogens is 297 g/mol. The lowest BCUT2D eigenvalue weighted by atomic mass is 10.2. The van der Waals surface area contributed by atoms with E-state index in [-0.39, 0.29) is 17.3 Å². The summed E-state index contributed by atoms with van der Waals surface area (Å²) in [5.74, 6) is -0.0662. The molecule has 0 amide bonds. The standard InChI is InChI=1S/C16H14FN5O/c1-11(23)15-16(19-10-12-6-8-18-9-7-12)22(21-20-15)14-4-2-13(17)3-5-14/h2-9,19H,10H2,1H3. The summed E-state index contributed by atoms with van der Waals surface area (Å²) in [6, 6.07) is 9.55. The molecule has 0 aliphatic carbocycles. The second-order valence-corrected chi connectivity index (χ2v) is 4.94. The van der Waals surface area contributed by atoms with Gasteiger partial charge < -0.3 is 5.32 Å². The monoisotopic (exact) mass is 311 g/mol. The average molecular weight is 311 g/mol. The van der Waals surface area contributed by atoms with E-state index in [1.807, 2.05) is 12.1 Å². The van der Waals surface area contributed by atoms with Crippen LogP contribution in [-0.4, -0.2) is 25.8 Å². The van der Waals surface area contributed by atoms with E-state index in [1.165, 1.54) is 23.7 Å². The highest BCUT2D eigenvalue weighted by Crippen LogP contribution is 2.20. The van der Waals surface area contributed by atoms with Crippen molar-refractivity contribution in [1.29, 1.82) is 0 Å². The first-order valence-corrected chi connectivity index (χ1v) is 7.00. The quantitative estimate of drug-likeness (QED) is 0.733. The van der Waals surface area contributed by atoms with E-state index < -0.39 is 0 Å². The number of nitrogens with one attached hydrogen (secondary N) is 1. The number of Topliss-reactive ketones (excluding diaryl/α,β-unsaturated/α-hetero) is 1. The maximum atomic E-state index is 13.1. The summed E-state index contributed by atoms with van der Waals surface area (Å²) in [6.07, 6.45) is 3.39. The van der Waals surface area contributed by atoms with Gasteiger partial charge in [-0.2, -0.15) is 4.68 Å². The molecule has 0 aliphatic heterocycles. The molecule has 1 aromatic carbocycles. The molecule has 0 aliphatic rings. The Hall–Kier alpha value is -3.09. The number of ketones is 1. The van der Waals surface area contributed by atoms with Gasteiger partial charge >= 0.3 is 0 Å². The van der Waals surface area contributed by atoms with Crippen molar-refractivity contribution in [2.24, 2.45) is 0 Å². The number of pyridine rings is 1. The molecule has 0 bridgehead atoms. The molecule has 2 heterocycles. The summed E-state index contributed by atoms with van der Waals surface area (Å²) in [7, 11) is 0. The van der Waals surface area contributed by atoms with Crippen molar-refractivity contribution in [3.05, 3.63) is 65.9 Å². The van der Waals surface area contributed by atoms with Gasteiger partial charge in [-0.1, -0.05) is 5.21 Å². The van der Waals surface area contributed by atoms with Crippen LogP contribution in [0.4, 0.5) is 10.2 Å². The Morgan fingerprint density at radius 1 is 1.17 bits per heavy atom. The van der Waals surface area contributed by atoms with Crippen molar-refractivity contribution in [3.63, 3.8) is 0 Å². The van der Waals surface area contributed by atoms with Gasteiger partial charge in [0, 0.05) is 25.9 Å². The number of hydrogen-bond donors (Lipinski definition) is 1. The summed E-state index contributed by atoms with van der Waals surface area (Å²) < 4.78 is 14.6. The Bertz CT molecular complexity index is 814. The van der Waals surface area contributed by atoms with Gasteiger partial charge in [0.05, 0.1) is 5.69 Å². The molecule has 0 saturated carbocycles. The minimum absolute atomic E-state index is 0.199. The molecule has 0 spiro atoms. The third-order valence-corrected chi connectivity index (χ3v) is 3.28. The fourth-order valence-corrected chi connectivity index (χ4v) is 2.13. The molecule has 2 aromatic heterocycles. The zero-order valence-corrected chi connectivity index (χ0v) is 12.4. The predicted octanol–water partition coefficient (Wildman–Crippen LogP) is 2.62. The second-order valence-electron chi connectivity index (χ2n) is 4.94. The van der Waals surface area contributed by atoms with Crippen LogP contribution in [0.25, 0.3) is 5.69 Å². The lowest BCUT2D eigenvalue weighted by Gasteiger charge is -2.10. The van der Waals surface area contributed by atoms with Gasteiger partial charge in [-0.25, -0.2) is 4.39 Å². The van der Waals surface area contributed by atoms with Crippen LogP contribution in [0, 0.1) is 5.82 Å². The van der Waals surface area contributed by atoms with Crippen LogP contribution >= 0.6 is 0 Å². The van der Waals surface area contributed by atoms with E-state index in [0.717, 1.165) is 5.56 Å². The van der Waals surface area contributed by atoms with E-state index in [4.69, 9.17) is 0 Å². The van der Waals surface area contributed by atoms with E-state index in [9.17, 15) is 9.18 Å². The summed E-state index contributed by atoms with van der Waals surface area (Å²) in [5.41, 5.74) is 1.85. The third-order valence-electron chi connectivity index (χ3n) is 3.28. The molecule has 0 unspecified atom stereocenters. The number of rotatable bonds is 5. The van der Waals surface area contributed by atoms with E-state index in [0.29, 0.717) is 18.1 Å². The molecule has 3 aromatic rings. The molecule has 23 heavy (non-hydrogen) atoms. The topological polar surface area (TPSA) is 72.7 Å². The normalized spacial score (nSPS) is 10.5. The van der Waals surface area contributed by atoms with Crippen LogP contribution in [0.5, 0.6) is 0 Å². The second kappa shape index (κ2) is 6.35. The first-order valence-electron chi connectivity index (χ1n) is 7.00. The minimum atomic E-state index is -0.341. The number of anilines is 1. The average Bonchev–Trinajstić information content (AvgIpc) is 2.99. The van der Waals surface area contributed by atoms with Crippen molar-refractivity contribution in [2.75, 3.05) is 5.32 Å². The van der Waals surface area contributed by atoms with Gasteiger partial charge in [0.1, 0.15) is 5.82 Å². The van der Waals surface area contributed by atoms with E-state index >= 15 is 0 Å². The fraction of sp³-hybridized carbons (Fsp3) is 0.125. The van der Waals surface area contributed by atoms with Crippen LogP contribution in [0.1, 0.15) is 23.0 Å². The smallest absolute Gasteiger partial charge is 0.183 e. The van der Waals surface area contributed by atoms with Crippen LogP contribution in [0.3, 0.4) is 0 Å². The van der Waals surface area contributed by atoms with E-state index in [1.54, 1.807) is 24.5 Å². The van der Waals surface area contributed by atoms with Crippen LogP contribution < -0.4 is 5.32 Å². The van der Waals surface area contributed by atoms with Gasteiger partial charge in [0.2, 0.25) is 0 Å². The highest BCUT2D eigenvalue weighted by Gasteiger charge is 2.17. The number of hydrogen-bond acceptors (Lipinski definition) is 5. The predicted molar refractivity (Wildman–Crippen MR) is 82.9 cm³/mol. The van der Waals surface area contributed by atoms with Crippen LogP contribution in [0.2, 0.25) is 0 Å². The molecule has 6 nitrogen and oxygen atoms in total. The Kier molecular flexibility index (Phi) is 4.09. The Balaban J connectivity index is 1.94. The number of halogens is 1. The summed E-state index contributed by atoms with van der Waals surface area (Å²) >= 11 is 0. The van der Waals surface area contributed by atoms with Gasteiger partial charge in [0.15, 0.2) is 17.3 Å². The SMILES string of the molecule is CC(=O)c1nnn(-c2ccc(F)cc2)c1NCc1ccncc1. The number of carbonyl (C=O) groups is 1. The van der Waals surface area contributed by atoms with Crippen molar-refractivity contribution in [1.82, 2.24) is 20.0 Å². The summed E-state index contributed by atoms with van der Waals surface area (Å²) in [4.78, 5) is 15.7. The fourth-order valence-electron chi connectivity index (χ4n) is 2.13. The zero-order valence-electron chi connectivity index (χ0n) is 12.4. The van der Waals surface area contributed by atoms with Gasteiger partial charge in [-0.15, -0.1) is 5.10 Å². The highest BCUT2D eigenvalue weighted by atomic mass is 19.1. The number of nitrogens with zero attached hydrogens (tertiary/aromatic N) is 4. The highest BCUT2D eigenvalue weighted by molar-refractivity contribution is 5.96. The Morgan fingerprint density at radius 3 is 2.52 bits per heavy atom. The lowest BCUT2D eigenvalue weighted by molar-refractivity contribution is 0.101. The number of aromatic nitrogens is 4. The Morgan fingerprint density at radius 2 is 1.87 bits per heavy atom. The third kappa shape index (κ3) is 3.23. The Labute approximate surface area is 132 Å². The summed E-state index contributed by atoms with van der Waals surface area (Å²) in [6.45, 7) is 1.91. The number of benzene rings is 1.